The summed E-state index contributed by atoms with van der Waals surface area (Å²) < 4.78 is 14.7. The quantitative estimate of drug-likeness (QED) is 0.347. The van der Waals surface area contributed by atoms with E-state index in [1.165, 1.54) is 7.11 Å². The highest BCUT2D eigenvalue weighted by atomic mass is 28.2. The van der Waals surface area contributed by atoms with Gasteiger partial charge < -0.3 is 14.2 Å². The zero-order valence-corrected chi connectivity index (χ0v) is 10.1. The van der Waals surface area contributed by atoms with E-state index in [4.69, 9.17) is 9.47 Å². The van der Waals surface area contributed by atoms with Gasteiger partial charge in [-0.05, 0) is 6.04 Å². The molecule has 1 unspecified atom stereocenters. The lowest BCUT2D eigenvalue weighted by Crippen LogP contribution is -2.25. The second-order valence-electron chi connectivity index (χ2n) is 2.90. The Balaban J connectivity index is 3.67. The van der Waals surface area contributed by atoms with Crippen LogP contribution in [0.3, 0.4) is 0 Å². The van der Waals surface area contributed by atoms with Crippen LogP contribution >= 0.6 is 0 Å². The van der Waals surface area contributed by atoms with Crippen LogP contribution in [0.5, 0.6) is 0 Å². The van der Waals surface area contributed by atoms with Crippen molar-refractivity contribution in [1.29, 1.82) is 0 Å². The molecule has 0 rings (SSSR count). The van der Waals surface area contributed by atoms with Crippen LogP contribution in [0.1, 0.15) is 6.92 Å². The largest absolute Gasteiger partial charge is 0.469 e. The molecule has 13 heavy (non-hydrogen) atoms. The molecular weight excluding hydrogens is 188 g/mol. The van der Waals surface area contributed by atoms with E-state index >= 15 is 0 Å². The van der Waals surface area contributed by atoms with Gasteiger partial charge in [0.25, 0.3) is 0 Å². The highest BCUT2D eigenvalue weighted by Crippen LogP contribution is 2.06. The first-order valence-corrected chi connectivity index (χ1v) is 6.10. The zero-order chi connectivity index (χ0) is 10.3. The monoisotopic (exact) mass is 206 g/mol. The van der Waals surface area contributed by atoms with E-state index in [-0.39, 0.29) is 17.8 Å². The van der Waals surface area contributed by atoms with E-state index in [0.717, 1.165) is 6.04 Å². The second-order valence-corrected chi connectivity index (χ2v) is 4.72. The number of rotatable bonds is 6. The minimum Gasteiger partial charge on any atom is -0.469 e. The molecule has 0 aromatic carbocycles. The molecule has 0 aromatic rings. The molecule has 78 valence electrons. The number of hydrogen-bond acceptors (Lipinski definition) is 4. The summed E-state index contributed by atoms with van der Waals surface area (Å²) in [5.74, 6) is -0.282. The molecule has 0 heterocycles. The van der Waals surface area contributed by atoms with Crippen molar-refractivity contribution in [3.05, 3.63) is 0 Å². The summed E-state index contributed by atoms with van der Waals surface area (Å²) in [4.78, 5) is 11.0. The average Bonchev–Trinajstić information content (AvgIpc) is 2.17. The van der Waals surface area contributed by atoms with E-state index in [9.17, 15) is 4.79 Å². The fourth-order valence-electron chi connectivity index (χ4n) is 1.04. The number of methoxy groups -OCH3 is 3. The summed E-state index contributed by atoms with van der Waals surface area (Å²) in [5.41, 5.74) is 0. The lowest BCUT2D eigenvalue weighted by molar-refractivity contribution is -0.144. The first-order valence-electron chi connectivity index (χ1n) is 4.29. The lowest BCUT2D eigenvalue weighted by Gasteiger charge is -2.14. The fraction of sp³-hybridized carbons (Fsp3) is 0.875. The summed E-state index contributed by atoms with van der Waals surface area (Å²) in [6, 6.07) is 0.846. The van der Waals surface area contributed by atoms with Crippen molar-refractivity contribution in [2.75, 3.05) is 21.3 Å². The number of ether oxygens (including phenoxy) is 3. The van der Waals surface area contributed by atoms with Gasteiger partial charge in [0.2, 0.25) is 0 Å². The van der Waals surface area contributed by atoms with Gasteiger partial charge in [-0.15, -0.1) is 0 Å². The molecule has 4 nitrogen and oxygen atoms in total. The van der Waals surface area contributed by atoms with Gasteiger partial charge in [0.15, 0.2) is 0 Å². The van der Waals surface area contributed by atoms with Gasteiger partial charge in [0.1, 0.15) is 5.91 Å². The van der Waals surface area contributed by atoms with Crippen LogP contribution in [0.2, 0.25) is 6.04 Å². The van der Waals surface area contributed by atoms with E-state index in [0.29, 0.717) is 0 Å². The minimum atomic E-state index is -0.520. The molecule has 0 aliphatic carbocycles. The molecule has 0 fully saturated rings. The molecule has 0 N–H and O–H groups in total. The highest BCUT2D eigenvalue weighted by molar-refractivity contribution is 6.37. The Morgan fingerprint density at radius 1 is 1.31 bits per heavy atom. The normalized spacial score (nSPS) is 13.9. The maximum Gasteiger partial charge on any atom is 0.308 e. The van der Waals surface area contributed by atoms with Crippen molar-refractivity contribution in [3.63, 3.8) is 0 Å². The third-order valence-corrected chi connectivity index (χ3v) is 4.30. The molecule has 0 radical (unpaired) electrons. The first-order chi connectivity index (χ1) is 6.15. The van der Waals surface area contributed by atoms with Crippen LogP contribution in [0, 0.1) is 5.92 Å². The molecule has 0 aromatic heterocycles. The molecule has 0 spiro atoms. The molecule has 1 atom stereocenters. The van der Waals surface area contributed by atoms with E-state index < -0.39 is 9.52 Å². The van der Waals surface area contributed by atoms with Crippen LogP contribution in [-0.2, 0) is 19.0 Å². The van der Waals surface area contributed by atoms with Crippen molar-refractivity contribution in [3.8, 4) is 0 Å². The van der Waals surface area contributed by atoms with Gasteiger partial charge in [-0.2, -0.15) is 0 Å². The van der Waals surface area contributed by atoms with Crippen molar-refractivity contribution < 1.29 is 19.0 Å². The predicted molar refractivity (Wildman–Crippen MR) is 52.3 cm³/mol. The molecule has 0 amide bonds. The number of esters is 1. The van der Waals surface area contributed by atoms with Crippen LogP contribution in [-0.4, -0.2) is 42.7 Å². The Labute approximate surface area is 81.4 Å². The van der Waals surface area contributed by atoms with Crippen LogP contribution in [0.4, 0.5) is 0 Å². The Bertz CT molecular complexity index is 147. The molecule has 0 aliphatic rings. The summed E-state index contributed by atoms with van der Waals surface area (Å²) in [6.45, 7) is 1.86. The maximum atomic E-state index is 11.0. The van der Waals surface area contributed by atoms with Crippen LogP contribution in [0.15, 0.2) is 0 Å². The molecule has 0 saturated heterocycles. The van der Waals surface area contributed by atoms with Gasteiger partial charge in [0, 0.05) is 14.2 Å². The summed E-state index contributed by atoms with van der Waals surface area (Å²) in [7, 11) is 4.12. The SMILES string of the molecule is COC(=O)C(C)C[SiH2]C(OC)OC. The molecule has 0 saturated carbocycles. The van der Waals surface area contributed by atoms with Crippen LogP contribution in [0.25, 0.3) is 0 Å². The molecular formula is C8H18O4Si. The second kappa shape index (κ2) is 7.05. The summed E-state index contributed by atoms with van der Waals surface area (Å²) in [6.07, 6.45) is 0. The van der Waals surface area contributed by atoms with Crippen molar-refractivity contribution in [1.82, 2.24) is 0 Å². The van der Waals surface area contributed by atoms with Gasteiger partial charge >= 0.3 is 5.97 Å². The number of hydrogen-bond donors (Lipinski definition) is 0. The van der Waals surface area contributed by atoms with Crippen molar-refractivity contribution >= 4 is 15.5 Å². The Morgan fingerprint density at radius 3 is 2.23 bits per heavy atom. The van der Waals surface area contributed by atoms with E-state index in [1.54, 1.807) is 14.2 Å². The topological polar surface area (TPSA) is 44.8 Å². The predicted octanol–water partition coefficient (Wildman–Crippen LogP) is -0.0410. The van der Waals surface area contributed by atoms with Gasteiger partial charge in [0.05, 0.1) is 22.5 Å². The van der Waals surface area contributed by atoms with Crippen molar-refractivity contribution in [2.24, 2.45) is 5.92 Å². The van der Waals surface area contributed by atoms with Crippen LogP contribution < -0.4 is 0 Å². The Morgan fingerprint density at radius 2 is 1.85 bits per heavy atom. The smallest absolute Gasteiger partial charge is 0.308 e. The zero-order valence-electron chi connectivity index (χ0n) is 8.70. The van der Waals surface area contributed by atoms with Crippen molar-refractivity contribution in [2.45, 2.75) is 18.9 Å². The fourth-order valence-corrected chi connectivity index (χ4v) is 2.52. The van der Waals surface area contributed by atoms with Gasteiger partial charge in [-0.25, -0.2) is 0 Å². The maximum absolute atomic E-state index is 11.0. The third-order valence-electron chi connectivity index (χ3n) is 1.96. The summed E-state index contributed by atoms with van der Waals surface area (Å²) in [5, 5.41) is 0. The number of carbonyl (C=O) groups is 1. The third kappa shape index (κ3) is 5.02. The number of carbonyl (C=O) groups excluding carboxylic acids is 1. The standard InChI is InChI=1S/C8H18O4Si/c1-6(7(9)10-2)5-13-8(11-3)12-4/h6,8H,5,13H2,1-4H3. The van der Waals surface area contributed by atoms with E-state index in [2.05, 4.69) is 4.74 Å². The minimum absolute atomic E-state index is 0.0375. The molecule has 0 aliphatic heterocycles. The van der Waals surface area contributed by atoms with E-state index in [1.807, 2.05) is 6.92 Å². The highest BCUT2D eigenvalue weighted by Gasteiger charge is 2.16. The van der Waals surface area contributed by atoms with Gasteiger partial charge in [-0.1, -0.05) is 6.92 Å². The Kier molecular flexibility index (Phi) is 6.84. The van der Waals surface area contributed by atoms with Gasteiger partial charge in [-0.3, -0.25) is 4.79 Å². The average molecular weight is 206 g/mol. The molecule has 0 bridgehead atoms. The summed E-state index contributed by atoms with van der Waals surface area (Å²) >= 11 is 0. The Hall–Kier alpha value is -0.393. The first kappa shape index (κ1) is 12.6. The lowest BCUT2D eigenvalue weighted by atomic mass is 10.2. The molecule has 5 heteroatoms.